The van der Waals surface area contributed by atoms with Crippen LogP contribution in [0.25, 0.3) is 0 Å². The van der Waals surface area contributed by atoms with Crippen LogP contribution in [0.5, 0.6) is 11.5 Å². The minimum Gasteiger partial charge on any atom is -0.490 e. The van der Waals surface area contributed by atoms with Gasteiger partial charge in [-0.25, -0.2) is 0 Å². The van der Waals surface area contributed by atoms with Crippen molar-refractivity contribution in [3.8, 4) is 11.5 Å². The number of rotatable bonds is 3. The van der Waals surface area contributed by atoms with Crippen molar-refractivity contribution in [3.05, 3.63) is 23.8 Å². The van der Waals surface area contributed by atoms with Crippen molar-refractivity contribution in [1.29, 1.82) is 0 Å². The fourth-order valence-electron chi connectivity index (χ4n) is 2.54. The van der Waals surface area contributed by atoms with E-state index < -0.39 is 6.04 Å². The quantitative estimate of drug-likeness (QED) is 0.830. The van der Waals surface area contributed by atoms with Gasteiger partial charge in [0.1, 0.15) is 0 Å². The number of imide groups is 1. The summed E-state index contributed by atoms with van der Waals surface area (Å²) in [6, 6.07) is 5.26. The summed E-state index contributed by atoms with van der Waals surface area (Å²) in [6.45, 7) is 1.72. The molecule has 0 bridgehead atoms. The third-order valence-electron chi connectivity index (χ3n) is 3.77. The third-order valence-corrected chi connectivity index (χ3v) is 3.77. The van der Waals surface area contributed by atoms with Crippen molar-refractivity contribution in [1.82, 2.24) is 10.2 Å². The van der Waals surface area contributed by atoms with Gasteiger partial charge in [0.25, 0.3) is 0 Å². The summed E-state index contributed by atoms with van der Waals surface area (Å²) in [5, 5.41) is 3.13. The maximum absolute atomic E-state index is 11.9. The number of hydrogen-bond acceptors (Lipinski definition) is 5. The highest BCUT2D eigenvalue weighted by Gasteiger charge is 2.35. The van der Waals surface area contributed by atoms with E-state index in [1.807, 2.05) is 18.2 Å². The Bertz CT molecular complexity index is 573. The van der Waals surface area contributed by atoms with Gasteiger partial charge in [0, 0.05) is 25.6 Å². The van der Waals surface area contributed by atoms with Crippen molar-refractivity contribution >= 4 is 11.8 Å². The van der Waals surface area contributed by atoms with Gasteiger partial charge < -0.3 is 14.8 Å². The summed E-state index contributed by atoms with van der Waals surface area (Å²) >= 11 is 0. The highest BCUT2D eigenvalue weighted by atomic mass is 16.5. The molecule has 1 aromatic rings. The molecule has 1 atom stereocenters. The minimum atomic E-state index is -0.454. The number of ether oxygens (including phenoxy) is 2. The number of amides is 2. The maximum atomic E-state index is 11.9. The second-order valence-corrected chi connectivity index (χ2v) is 5.22. The molecule has 2 heterocycles. The van der Waals surface area contributed by atoms with E-state index in [9.17, 15) is 9.59 Å². The Labute approximate surface area is 123 Å². The van der Waals surface area contributed by atoms with Crippen LogP contribution in [-0.2, 0) is 16.1 Å². The number of carbonyl (C=O) groups is 2. The van der Waals surface area contributed by atoms with Crippen LogP contribution in [0, 0.1) is 0 Å². The molecule has 2 amide bonds. The molecule has 1 N–H and O–H groups in total. The highest BCUT2D eigenvalue weighted by Crippen LogP contribution is 2.33. The van der Waals surface area contributed by atoms with Crippen molar-refractivity contribution in [2.24, 2.45) is 0 Å². The number of likely N-dealkylation sites (tertiary alicyclic amines) is 1. The summed E-state index contributed by atoms with van der Waals surface area (Å²) in [4.78, 5) is 24.5. The topological polar surface area (TPSA) is 67.9 Å². The summed E-state index contributed by atoms with van der Waals surface area (Å²) in [6.07, 6.45) is 1.06. The Balaban J connectivity index is 1.71. The Hall–Kier alpha value is -2.08. The van der Waals surface area contributed by atoms with Crippen LogP contribution in [0.2, 0.25) is 0 Å². The van der Waals surface area contributed by atoms with Crippen LogP contribution >= 0.6 is 0 Å². The lowest BCUT2D eigenvalue weighted by Gasteiger charge is -2.15. The van der Waals surface area contributed by atoms with Gasteiger partial charge in [0.15, 0.2) is 11.5 Å². The standard InChI is InChI=1S/C15H18N2O4/c1-17-13(18)8-11(15(17)19)16-9-10-4-2-5-12-14(10)21-7-3-6-20-12/h2,4-5,11,16H,3,6-9H2,1H3. The monoisotopic (exact) mass is 290 g/mol. The van der Waals surface area contributed by atoms with E-state index in [2.05, 4.69) is 5.32 Å². The molecule has 6 heteroatoms. The Morgan fingerprint density at radius 2 is 2.10 bits per heavy atom. The summed E-state index contributed by atoms with van der Waals surface area (Å²) < 4.78 is 11.4. The number of hydrogen-bond donors (Lipinski definition) is 1. The number of fused-ring (bicyclic) bond motifs is 1. The number of carbonyl (C=O) groups excluding carboxylic acids is 2. The number of para-hydroxylation sites is 1. The third kappa shape index (κ3) is 2.71. The van der Waals surface area contributed by atoms with Crippen molar-refractivity contribution in [3.63, 3.8) is 0 Å². The van der Waals surface area contributed by atoms with Crippen LogP contribution < -0.4 is 14.8 Å². The lowest BCUT2D eigenvalue weighted by molar-refractivity contribution is -0.137. The van der Waals surface area contributed by atoms with E-state index in [4.69, 9.17) is 9.47 Å². The maximum Gasteiger partial charge on any atom is 0.246 e. The smallest absolute Gasteiger partial charge is 0.246 e. The first-order valence-electron chi connectivity index (χ1n) is 7.08. The lowest BCUT2D eigenvalue weighted by atomic mass is 10.1. The minimum absolute atomic E-state index is 0.149. The van der Waals surface area contributed by atoms with E-state index in [0.29, 0.717) is 19.8 Å². The first-order valence-corrected chi connectivity index (χ1v) is 7.08. The fraction of sp³-hybridized carbons (Fsp3) is 0.467. The Morgan fingerprint density at radius 1 is 1.29 bits per heavy atom. The SMILES string of the molecule is CN1C(=O)CC(NCc2cccc3c2OCCCO3)C1=O. The molecule has 0 saturated carbocycles. The van der Waals surface area contributed by atoms with Crippen molar-refractivity contribution in [2.45, 2.75) is 25.4 Å². The van der Waals surface area contributed by atoms with Gasteiger partial charge in [0.05, 0.1) is 25.7 Å². The molecular weight excluding hydrogens is 272 g/mol. The van der Waals surface area contributed by atoms with Crippen LogP contribution in [0.15, 0.2) is 18.2 Å². The van der Waals surface area contributed by atoms with Crippen molar-refractivity contribution in [2.75, 3.05) is 20.3 Å². The molecule has 1 aromatic carbocycles. The van der Waals surface area contributed by atoms with Gasteiger partial charge >= 0.3 is 0 Å². The van der Waals surface area contributed by atoms with E-state index in [1.54, 1.807) is 0 Å². The largest absolute Gasteiger partial charge is 0.490 e. The average Bonchev–Trinajstić information content (AvgIpc) is 2.70. The summed E-state index contributed by atoms with van der Waals surface area (Å²) in [5.41, 5.74) is 0.934. The molecule has 0 aliphatic carbocycles. The van der Waals surface area contributed by atoms with Gasteiger partial charge in [-0.1, -0.05) is 12.1 Å². The number of nitrogens with one attached hydrogen (secondary N) is 1. The van der Waals surface area contributed by atoms with Crippen LogP contribution in [0.1, 0.15) is 18.4 Å². The number of likely N-dealkylation sites (N-methyl/N-ethyl adjacent to an activating group) is 1. The normalized spacial score (nSPS) is 21.6. The van der Waals surface area contributed by atoms with Gasteiger partial charge in [-0.2, -0.15) is 0 Å². The van der Waals surface area contributed by atoms with Gasteiger partial charge in [0.2, 0.25) is 11.8 Å². The fourth-order valence-corrected chi connectivity index (χ4v) is 2.54. The van der Waals surface area contributed by atoms with E-state index >= 15 is 0 Å². The first-order chi connectivity index (χ1) is 10.2. The predicted molar refractivity (Wildman–Crippen MR) is 75.1 cm³/mol. The Kier molecular flexibility index (Phi) is 3.79. The first kappa shape index (κ1) is 13.9. The summed E-state index contributed by atoms with van der Waals surface area (Å²) in [7, 11) is 1.51. The molecule has 1 saturated heterocycles. The molecule has 112 valence electrons. The van der Waals surface area contributed by atoms with E-state index in [0.717, 1.165) is 23.5 Å². The molecule has 1 fully saturated rings. The van der Waals surface area contributed by atoms with Crippen LogP contribution in [0.4, 0.5) is 0 Å². The summed E-state index contributed by atoms with van der Waals surface area (Å²) in [5.74, 6) is 1.13. The van der Waals surface area contributed by atoms with Gasteiger partial charge in [-0.3, -0.25) is 14.5 Å². The molecule has 21 heavy (non-hydrogen) atoms. The Morgan fingerprint density at radius 3 is 2.86 bits per heavy atom. The average molecular weight is 290 g/mol. The van der Waals surface area contributed by atoms with E-state index in [1.165, 1.54) is 11.9 Å². The van der Waals surface area contributed by atoms with Crippen molar-refractivity contribution < 1.29 is 19.1 Å². The second kappa shape index (κ2) is 5.73. The highest BCUT2D eigenvalue weighted by molar-refractivity contribution is 6.05. The van der Waals surface area contributed by atoms with E-state index in [-0.39, 0.29) is 18.2 Å². The molecule has 3 rings (SSSR count). The second-order valence-electron chi connectivity index (χ2n) is 5.22. The lowest BCUT2D eigenvalue weighted by Crippen LogP contribution is -2.36. The molecule has 0 aromatic heterocycles. The molecule has 1 unspecified atom stereocenters. The van der Waals surface area contributed by atoms with Crippen LogP contribution in [-0.4, -0.2) is 43.0 Å². The molecule has 2 aliphatic heterocycles. The molecule has 0 spiro atoms. The van der Waals surface area contributed by atoms with Gasteiger partial charge in [-0.05, 0) is 6.07 Å². The van der Waals surface area contributed by atoms with Crippen LogP contribution in [0.3, 0.4) is 0 Å². The zero-order valence-electron chi connectivity index (χ0n) is 11.9. The van der Waals surface area contributed by atoms with Gasteiger partial charge in [-0.15, -0.1) is 0 Å². The molecule has 0 radical (unpaired) electrons. The molecular formula is C15H18N2O4. The molecule has 6 nitrogen and oxygen atoms in total. The molecule has 2 aliphatic rings. The zero-order chi connectivity index (χ0) is 14.8. The predicted octanol–water partition coefficient (Wildman–Crippen LogP) is 0.695. The number of nitrogens with zero attached hydrogens (tertiary/aromatic N) is 1. The zero-order valence-corrected chi connectivity index (χ0v) is 11.9. The number of benzene rings is 1.